The number of aliphatic carboxylic acids is 1. The van der Waals surface area contributed by atoms with Gasteiger partial charge in [0.2, 0.25) is 0 Å². The van der Waals surface area contributed by atoms with Crippen molar-refractivity contribution in [2.45, 2.75) is 26.2 Å². The van der Waals surface area contributed by atoms with Crippen molar-refractivity contribution in [3.05, 3.63) is 28.2 Å². The first-order chi connectivity index (χ1) is 9.95. The van der Waals surface area contributed by atoms with Crippen molar-refractivity contribution in [2.75, 3.05) is 18.4 Å². The Balaban J connectivity index is 1.96. The van der Waals surface area contributed by atoms with E-state index in [9.17, 15) is 9.59 Å². The lowest BCUT2D eigenvalue weighted by Gasteiger charge is -2.32. The Morgan fingerprint density at radius 1 is 1.48 bits per heavy atom. The number of anilines is 1. The van der Waals surface area contributed by atoms with Gasteiger partial charge in [0.15, 0.2) is 0 Å². The number of aryl methyl sites for hydroxylation is 1. The minimum absolute atomic E-state index is 0.0479. The van der Waals surface area contributed by atoms with Crippen molar-refractivity contribution in [1.82, 2.24) is 4.90 Å². The second-order valence-electron chi connectivity index (χ2n) is 5.45. The summed E-state index contributed by atoms with van der Waals surface area (Å²) in [6.45, 7) is 3.16. The molecule has 1 unspecified atom stereocenters. The summed E-state index contributed by atoms with van der Waals surface area (Å²) in [5.74, 6) is -0.753. The number of piperidine rings is 1. The minimum atomic E-state index is -0.801. The van der Waals surface area contributed by atoms with Crippen molar-refractivity contribution in [3.8, 4) is 0 Å². The minimum Gasteiger partial charge on any atom is -0.481 e. The quantitative estimate of drug-likeness (QED) is 0.872. The van der Waals surface area contributed by atoms with Crippen molar-refractivity contribution in [1.29, 1.82) is 0 Å². The normalized spacial score (nSPS) is 18.4. The van der Waals surface area contributed by atoms with Crippen LogP contribution in [-0.4, -0.2) is 35.1 Å². The molecule has 21 heavy (non-hydrogen) atoms. The van der Waals surface area contributed by atoms with Crippen LogP contribution in [0.15, 0.2) is 22.7 Å². The molecule has 2 amide bonds. The summed E-state index contributed by atoms with van der Waals surface area (Å²) < 4.78 is 0.947. The average molecular weight is 355 g/mol. The Morgan fingerprint density at radius 3 is 2.90 bits per heavy atom. The summed E-state index contributed by atoms with van der Waals surface area (Å²) in [6, 6.07) is 5.49. The molecule has 0 saturated carbocycles. The van der Waals surface area contributed by atoms with Gasteiger partial charge in [0.25, 0.3) is 0 Å². The van der Waals surface area contributed by atoms with Crippen LogP contribution in [0.5, 0.6) is 0 Å². The van der Waals surface area contributed by atoms with Gasteiger partial charge in [-0.2, -0.15) is 0 Å². The molecule has 1 aromatic rings. The fourth-order valence-corrected chi connectivity index (χ4v) is 2.92. The third kappa shape index (κ3) is 4.46. The van der Waals surface area contributed by atoms with Gasteiger partial charge < -0.3 is 15.3 Å². The molecule has 1 saturated heterocycles. The van der Waals surface area contributed by atoms with Crippen LogP contribution in [0.1, 0.15) is 24.8 Å². The third-order valence-electron chi connectivity index (χ3n) is 3.69. The van der Waals surface area contributed by atoms with Crippen LogP contribution in [0, 0.1) is 12.8 Å². The zero-order valence-electron chi connectivity index (χ0n) is 11.9. The van der Waals surface area contributed by atoms with E-state index in [1.165, 1.54) is 0 Å². The molecule has 1 heterocycles. The standard InChI is InChI=1S/C15H19BrN2O3/c1-10-4-5-12(8-13(10)16)17-15(21)18-6-2-3-11(9-18)7-14(19)20/h4-5,8,11H,2-3,6-7,9H2,1H3,(H,17,21)(H,19,20). The van der Waals surface area contributed by atoms with E-state index in [0.29, 0.717) is 13.1 Å². The van der Waals surface area contributed by atoms with E-state index in [4.69, 9.17) is 5.11 Å². The predicted octanol–water partition coefficient (Wildman–Crippen LogP) is 3.48. The van der Waals surface area contributed by atoms with Crippen molar-refractivity contribution < 1.29 is 14.7 Å². The highest BCUT2D eigenvalue weighted by Crippen LogP contribution is 2.23. The number of amides is 2. The predicted molar refractivity (Wildman–Crippen MR) is 84.4 cm³/mol. The summed E-state index contributed by atoms with van der Waals surface area (Å²) in [5, 5.41) is 11.7. The van der Waals surface area contributed by atoms with Crippen molar-refractivity contribution in [2.24, 2.45) is 5.92 Å². The van der Waals surface area contributed by atoms with E-state index in [2.05, 4.69) is 21.2 Å². The summed E-state index contributed by atoms with van der Waals surface area (Å²) in [4.78, 5) is 24.7. The maximum atomic E-state index is 12.2. The van der Waals surface area contributed by atoms with Crippen LogP contribution in [-0.2, 0) is 4.79 Å². The zero-order valence-corrected chi connectivity index (χ0v) is 13.5. The maximum absolute atomic E-state index is 12.2. The molecule has 0 bridgehead atoms. The topological polar surface area (TPSA) is 69.6 Å². The molecule has 0 spiro atoms. The molecule has 1 fully saturated rings. The number of halogens is 1. The fourth-order valence-electron chi connectivity index (χ4n) is 2.54. The Hall–Kier alpha value is -1.56. The number of carboxylic acids is 1. The first-order valence-corrected chi connectivity index (χ1v) is 7.79. The number of carbonyl (C=O) groups is 2. The number of likely N-dealkylation sites (tertiary alicyclic amines) is 1. The number of benzene rings is 1. The molecular formula is C15H19BrN2O3. The number of nitrogens with zero attached hydrogens (tertiary/aromatic N) is 1. The van der Waals surface area contributed by atoms with Crippen LogP contribution in [0.3, 0.4) is 0 Å². The van der Waals surface area contributed by atoms with Gasteiger partial charge in [0.05, 0.1) is 0 Å². The SMILES string of the molecule is Cc1ccc(NC(=O)N2CCCC(CC(=O)O)C2)cc1Br. The van der Waals surface area contributed by atoms with Gasteiger partial charge in [-0.15, -0.1) is 0 Å². The molecule has 6 heteroatoms. The highest BCUT2D eigenvalue weighted by Gasteiger charge is 2.25. The second kappa shape index (κ2) is 6.93. The number of carboxylic acid groups (broad SMARTS) is 1. The molecule has 0 radical (unpaired) electrons. The molecule has 1 aromatic carbocycles. The molecule has 1 aliphatic heterocycles. The number of hydrogen-bond donors (Lipinski definition) is 2. The Morgan fingerprint density at radius 2 is 2.24 bits per heavy atom. The van der Waals surface area contributed by atoms with Crippen LogP contribution in [0.4, 0.5) is 10.5 Å². The maximum Gasteiger partial charge on any atom is 0.321 e. The molecular weight excluding hydrogens is 336 g/mol. The molecule has 1 aliphatic rings. The van der Waals surface area contributed by atoms with Gasteiger partial charge in [0, 0.05) is 29.7 Å². The molecule has 2 N–H and O–H groups in total. The zero-order chi connectivity index (χ0) is 15.4. The number of urea groups is 1. The highest BCUT2D eigenvalue weighted by molar-refractivity contribution is 9.10. The summed E-state index contributed by atoms with van der Waals surface area (Å²) in [5.41, 5.74) is 1.84. The first kappa shape index (κ1) is 15.8. The molecule has 5 nitrogen and oxygen atoms in total. The van der Waals surface area contributed by atoms with E-state index >= 15 is 0 Å². The van der Waals surface area contributed by atoms with Gasteiger partial charge in [-0.05, 0) is 43.4 Å². The third-order valence-corrected chi connectivity index (χ3v) is 4.55. The molecule has 2 rings (SSSR count). The Bertz CT molecular complexity index is 548. The lowest BCUT2D eigenvalue weighted by atomic mass is 9.95. The highest BCUT2D eigenvalue weighted by atomic mass is 79.9. The van der Waals surface area contributed by atoms with Gasteiger partial charge in [-0.25, -0.2) is 4.79 Å². The van der Waals surface area contributed by atoms with E-state index < -0.39 is 5.97 Å². The van der Waals surface area contributed by atoms with Crippen LogP contribution < -0.4 is 5.32 Å². The van der Waals surface area contributed by atoms with Gasteiger partial charge in [-0.1, -0.05) is 22.0 Å². The number of rotatable bonds is 3. The second-order valence-corrected chi connectivity index (χ2v) is 6.30. The molecule has 1 atom stereocenters. The summed E-state index contributed by atoms with van der Waals surface area (Å²) in [7, 11) is 0. The van der Waals surface area contributed by atoms with E-state index in [0.717, 1.165) is 28.6 Å². The van der Waals surface area contributed by atoms with E-state index in [1.54, 1.807) is 4.90 Å². The summed E-state index contributed by atoms with van der Waals surface area (Å²) >= 11 is 3.44. The fraction of sp³-hybridized carbons (Fsp3) is 0.467. The van der Waals surface area contributed by atoms with Crippen molar-refractivity contribution in [3.63, 3.8) is 0 Å². The van der Waals surface area contributed by atoms with Crippen LogP contribution in [0.2, 0.25) is 0 Å². The smallest absolute Gasteiger partial charge is 0.321 e. The van der Waals surface area contributed by atoms with Crippen molar-refractivity contribution >= 4 is 33.6 Å². The Kier molecular flexibility index (Phi) is 5.22. The van der Waals surface area contributed by atoms with Crippen LogP contribution in [0.25, 0.3) is 0 Å². The van der Waals surface area contributed by atoms with Gasteiger partial charge in [0.1, 0.15) is 0 Å². The lowest BCUT2D eigenvalue weighted by molar-refractivity contribution is -0.138. The monoisotopic (exact) mass is 354 g/mol. The van der Waals surface area contributed by atoms with Gasteiger partial charge >= 0.3 is 12.0 Å². The molecule has 0 aromatic heterocycles. The Labute approximate surface area is 132 Å². The molecule has 0 aliphatic carbocycles. The van der Waals surface area contributed by atoms with Crippen LogP contribution >= 0.6 is 15.9 Å². The number of carbonyl (C=O) groups excluding carboxylic acids is 1. The lowest BCUT2D eigenvalue weighted by Crippen LogP contribution is -2.42. The average Bonchev–Trinajstić information content (AvgIpc) is 2.42. The summed E-state index contributed by atoms with van der Waals surface area (Å²) in [6.07, 6.45) is 1.84. The number of nitrogens with one attached hydrogen (secondary N) is 1. The van der Waals surface area contributed by atoms with Gasteiger partial charge in [-0.3, -0.25) is 4.79 Å². The largest absolute Gasteiger partial charge is 0.481 e. The molecule has 114 valence electrons. The first-order valence-electron chi connectivity index (χ1n) is 6.99. The van der Waals surface area contributed by atoms with E-state index in [1.807, 2.05) is 25.1 Å². The van der Waals surface area contributed by atoms with E-state index in [-0.39, 0.29) is 18.4 Å². The number of hydrogen-bond acceptors (Lipinski definition) is 2.